The first-order chi connectivity index (χ1) is 8.19. The summed E-state index contributed by atoms with van der Waals surface area (Å²) in [7, 11) is 0. The number of nitrogens with one attached hydrogen (secondary N) is 1. The predicted molar refractivity (Wildman–Crippen MR) is 51.7 cm³/mol. The van der Waals surface area contributed by atoms with Gasteiger partial charge in [0, 0.05) is 12.0 Å². The molecule has 1 amide bonds. The average Bonchev–Trinajstić information content (AvgIpc) is 2.63. The fraction of sp³-hybridized carbons (Fsp3) is 0.800. The van der Waals surface area contributed by atoms with E-state index in [9.17, 15) is 22.8 Å². The molecule has 0 atom stereocenters. The van der Waals surface area contributed by atoms with Crippen LogP contribution in [0.1, 0.15) is 19.3 Å². The minimum absolute atomic E-state index is 0.0167. The molecule has 0 aromatic rings. The Bertz CT molecular complexity index is 379. The summed E-state index contributed by atoms with van der Waals surface area (Å²) in [4.78, 5) is 21.9. The number of alkyl halides is 3. The van der Waals surface area contributed by atoms with E-state index in [0.29, 0.717) is 19.6 Å². The topological polar surface area (TPSA) is 75.6 Å². The monoisotopic (exact) mass is 267 g/mol. The van der Waals surface area contributed by atoms with Gasteiger partial charge in [-0.25, -0.2) is 4.79 Å². The molecule has 0 aromatic carbocycles. The Kier molecular flexibility index (Phi) is 2.80. The van der Waals surface area contributed by atoms with Crippen LogP contribution in [0, 0.1) is 5.41 Å². The van der Waals surface area contributed by atoms with E-state index in [1.807, 2.05) is 0 Å². The highest BCUT2D eigenvalue weighted by molar-refractivity contribution is 5.90. The van der Waals surface area contributed by atoms with Crippen LogP contribution < -0.4 is 5.32 Å². The van der Waals surface area contributed by atoms with E-state index < -0.39 is 29.0 Å². The Morgan fingerprint density at radius 1 is 1.28 bits per heavy atom. The molecule has 1 aliphatic heterocycles. The molecule has 102 valence electrons. The number of halogens is 3. The molecular weight excluding hydrogens is 255 g/mol. The molecule has 0 aromatic heterocycles. The van der Waals surface area contributed by atoms with Crippen LogP contribution in [-0.4, -0.2) is 41.9 Å². The summed E-state index contributed by atoms with van der Waals surface area (Å²) < 4.78 is 41.5. The third-order valence-electron chi connectivity index (χ3n) is 3.56. The smallest absolute Gasteiger partial charge is 0.471 e. The van der Waals surface area contributed by atoms with E-state index in [0.717, 1.165) is 0 Å². The minimum atomic E-state index is -5.07. The van der Waals surface area contributed by atoms with Gasteiger partial charge in [-0.1, -0.05) is 0 Å². The van der Waals surface area contributed by atoms with Gasteiger partial charge in [0.05, 0.1) is 6.61 Å². The highest BCUT2D eigenvalue weighted by Crippen LogP contribution is 2.53. The highest BCUT2D eigenvalue weighted by atomic mass is 19.4. The number of hydrogen-bond donors (Lipinski definition) is 2. The molecule has 2 rings (SSSR count). The van der Waals surface area contributed by atoms with E-state index in [2.05, 4.69) is 0 Å². The number of amides is 1. The lowest BCUT2D eigenvalue weighted by molar-refractivity contribution is -0.183. The number of hydrogen-bond acceptors (Lipinski definition) is 3. The van der Waals surface area contributed by atoms with Gasteiger partial charge in [-0.3, -0.25) is 4.79 Å². The quantitative estimate of drug-likeness (QED) is 0.771. The Morgan fingerprint density at radius 3 is 2.28 bits per heavy atom. The molecule has 1 aliphatic carbocycles. The second kappa shape index (κ2) is 3.84. The van der Waals surface area contributed by atoms with Crippen LogP contribution in [0.5, 0.6) is 0 Å². The van der Waals surface area contributed by atoms with Gasteiger partial charge < -0.3 is 15.2 Å². The number of carboxylic acid groups (broad SMARTS) is 1. The molecule has 0 radical (unpaired) electrons. The van der Waals surface area contributed by atoms with Crippen LogP contribution in [0.4, 0.5) is 13.2 Å². The van der Waals surface area contributed by atoms with Crippen molar-refractivity contribution >= 4 is 11.9 Å². The first kappa shape index (κ1) is 13.1. The summed E-state index contributed by atoms with van der Waals surface area (Å²) in [5.74, 6) is -3.64. The van der Waals surface area contributed by atoms with E-state index in [-0.39, 0.29) is 12.8 Å². The molecule has 8 heteroatoms. The Labute approximate surface area is 100 Å². The minimum Gasteiger partial charge on any atom is -0.480 e. The van der Waals surface area contributed by atoms with Crippen molar-refractivity contribution in [1.82, 2.24) is 5.32 Å². The summed E-state index contributed by atoms with van der Waals surface area (Å²) >= 11 is 0. The van der Waals surface area contributed by atoms with E-state index in [1.165, 1.54) is 0 Å². The summed E-state index contributed by atoms with van der Waals surface area (Å²) in [6.45, 7) is 0.812. The maximum Gasteiger partial charge on any atom is 0.471 e. The van der Waals surface area contributed by atoms with Crippen molar-refractivity contribution in [2.45, 2.75) is 31.0 Å². The Morgan fingerprint density at radius 2 is 1.89 bits per heavy atom. The van der Waals surface area contributed by atoms with E-state index in [1.54, 1.807) is 5.32 Å². The molecule has 0 bridgehead atoms. The van der Waals surface area contributed by atoms with Crippen molar-refractivity contribution in [2.75, 3.05) is 13.2 Å². The van der Waals surface area contributed by atoms with E-state index in [4.69, 9.17) is 9.84 Å². The van der Waals surface area contributed by atoms with Gasteiger partial charge in [0.25, 0.3) is 0 Å². The van der Waals surface area contributed by atoms with Crippen LogP contribution in [0.2, 0.25) is 0 Å². The van der Waals surface area contributed by atoms with Crippen molar-refractivity contribution < 1.29 is 32.6 Å². The molecular formula is C10H12F3NO4. The van der Waals surface area contributed by atoms with Crippen molar-refractivity contribution in [3.05, 3.63) is 0 Å². The fourth-order valence-corrected chi connectivity index (χ4v) is 2.74. The molecule has 5 nitrogen and oxygen atoms in total. The molecule has 2 N–H and O–H groups in total. The Hall–Kier alpha value is -1.31. The highest BCUT2D eigenvalue weighted by Gasteiger charge is 2.62. The summed E-state index contributed by atoms with van der Waals surface area (Å²) in [5, 5.41) is 10.6. The van der Waals surface area contributed by atoms with Gasteiger partial charge in [0.15, 0.2) is 0 Å². The van der Waals surface area contributed by atoms with Crippen LogP contribution in [0.15, 0.2) is 0 Å². The molecule has 0 unspecified atom stereocenters. The molecule has 1 heterocycles. The molecule has 18 heavy (non-hydrogen) atoms. The normalized spacial score (nSPS) is 35.3. The SMILES string of the molecule is O=C(NC1(C(=O)O)CC2(CCOC2)C1)C(F)(F)F. The zero-order chi connectivity index (χ0) is 13.6. The molecule has 1 saturated carbocycles. The second-order valence-electron chi connectivity index (χ2n) is 5.00. The van der Waals surface area contributed by atoms with Gasteiger partial charge in [0.2, 0.25) is 0 Å². The number of carbonyl (C=O) groups excluding carboxylic acids is 1. The van der Waals surface area contributed by atoms with Crippen molar-refractivity contribution in [1.29, 1.82) is 0 Å². The van der Waals surface area contributed by atoms with Crippen LogP contribution >= 0.6 is 0 Å². The zero-order valence-corrected chi connectivity index (χ0v) is 9.34. The zero-order valence-electron chi connectivity index (χ0n) is 9.34. The number of carboxylic acids is 1. The van der Waals surface area contributed by atoms with Gasteiger partial charge >= 0.3 is 18.1 Å². The fourth-order valence-electron chi connectivity index (χ4n) is 2.74. The predicted octanol–water partition coefficient (Wildman–Crippen LogP) is 0.689. The third-order valence-corrected chi connectivity index (χ3v) is 3.56. The molecule has 1 spiro atoms. The number of carbonyl (C=O) groups is 2. The van der Waals surface area contributed by atoms with Crippen molar-refractivity contribution in [3.63, 3.8) is 0 Å². The van der Waals surface area contributed by atoms with E-state index >= 15 is 0 Å². The maximum absolute atomic E-state index is 12.1. The first-order valence-corrected chi connectivity index (χ1v) is 5.40. The van der Waals surface area contributed by atoms with Gasteiger partial charge in [-0.05, 0) is 19.3 Å². The molecule has 2 aliphatic rings. The number of aliphatic carboxylic acids is 1. The molecule has 2 fully saturated rings. The lowest BCUT2D eigenvalue weighted by atomic mass is 9.57. The van der Waals surface area contributed by atoms with Gasteiger partial charge in [0.1, 0.15) is 5.54 Å². The average molecular weight is 267 g/mol. The first-order valence-electron chi connectivity index (χ1n) is 5.40. The Balaban J connectivity index is 2.07. The molecule has 1 saturated heterocycles. The largest absolute Gasteiger partial charge is 0.480 e. The van der Waals surface area contributed by atoms with Crippen molar-refractivity contribution in [2.24, 2.45) is 5.41 Å². The van der Waals surface area contributed by atoms with Crippen LogP contribution in [0.25, 0.3) is 0 Å². The summed E-state index contributed by atoms with van der Waals surface area (Å²) in [5.41, 5.74) is -2.20. The number of ether oxygens (including phenoxy) is 1. The van der Waals surface area contributed by atoms with Gasteiger partial charge in [-0.2, -0.15) is 13.2 Å². The van der Waals surface area contributed by atoms with Crippen LogP contribution in [0.3, 0.4) is 0 Å². The third kappa shape index (κ3) is 2.05. The van der Waals surface area contributed by atoms with Crippen molar-refractivity contribution in [3.8, 4) is 0 Å². The maximum atomic E-state index is 12.1. The van der Waals surface area contributed by atoms with Gasteiger partial charge in [-0.15, -0.1) is 0 Å². The lowest BCUT2D eigenvalue weighted by Crippen LogP contribution is -2.68. The lowest BCUT2D eigenvalue weighted by Gasteiger charge is -2.51. The summed E-state index contributed by atoms with van der Waals surface area (Å²) in [6.07, 6.45) is -4.49. The summed E-state index contributed by atoms with van der Waals surface area (Å²) in [6, 6.07) is 0. The number of rotatable bonds is 2. The standard InChI is InChI=1S/C10H12F3NO4/c11-10(12,13)6(15)14-9(7(16)17)3-8(4-9)1-2-18-5-8/h1-5H2,(H,14,15)(H,16,17). The van der Waals surface area contributed by atoms with Crippen LogP contribution in [-0.2, 0) is 14.3 Å². The second-order valence-corrected chi connectivity index (χ2v) is 5.00.